The van der Waals surface area contributed by atoms with E-state index in [4.69, 9.17) is 0 Å². The number of halogens is 1. The molecule has 0 aliphatic carbocycles. The molecule has 0 aromatic heterocycles. The van der Waals surface area contributed by atoms with Gasteiger partial charge in [-0.2, -0.15) is 0 Å². The van der Waals surface area contributed by atoms with Crippen LogP contribution >= 0.6 is 0 Å². The predicted molar refractivity (Wildman–Crippen MR) is 87.3 cm³/mol. The molecule has 1 amide bonds. The zero-order valence-corrected chi connectivity index (χ0v) is 13.2. The monoisotopic (exact) mass is 300 g/mol. The topological polar surface area (TPSA) is 32.3 Å². The SMILES string of the molecule is Cc1ccc(NCC(=O)N(C)Cc2ccccc2C)c(F)c1. The van der Waals surface area contributed by atoms with Crippen molar-refractivity contribution in [2.75, 3.05) is 18.9 Å². The molecule has 0 spiro atoms. The van der Waals surface area contributed by atoms with Crippen molar-refractivity contribution in [3.8, 4) is 0 Å². The highest BCUT2D eigenvalue weighted by Gasteiger charge is 2.11. The Labute approximate surface area is 130 Å². The van der Waals surface area contributed by atoms with Gasteiger partial charge in [0.1, 0.15) is 5.82 Å². The number of rotatable bonds is 5. The Balaban J connectivity index is 1.93. The van der Waals surface area contributed by atoms with Gasteiger partial charge in [-0.1, -0.05) is 30.3 Å². The van der Waals surface area contributed by atoms with Gasteiger partial charge in [0.05, 0.1) is 12.2 Å². The fraction of sp³-hybridized carbons (Fsp3) is 0.278. The van der Waals surface area contributed by atoms with Gasteiger partial charge in [0.25, 0.3) is 0 Å². The summed E-state index contributed by atoms with van der Waals surface area (Å²) in [5.74, 6) is -0.419. The fourth-order valence-electron chi connectivity index (χ4n) is 2.20. The van der Waals surface area contributed by atoms with Crippen molar-refractivity contribution in [1.82, 2.24) is 4.90 Å². The molecule has 0 aliphatic heterocycles. The van der Waals surface area contributed by atoms with E-state index >= 15 is 0 Å². The van der Waals surface area contributed by atoms with Gasteiger partial charge < -0.3 is 10.2 Å². The molecule has 2 aromatic rings. The lowest BCUT2D eigenvalue weighted by atomic mass is 10.1. The van der Waals surface area contributed by atoms with E-state index in [1.807, 2.05) is 44.2 Å². The molecule has 1 N–H and O–H groups in total. The average Bonchev–Trinajstić information content (AvgIpc) is 2.48. The molecule has 0 bridgehead atoms. The maximum atomic E-state index is 13.7. The average molecular weight is 300 g/mol. The van der Waals surface area contributed by atoms with Crippen LogP contribution in [0.2, 0.25) is 0 Å². The molecule has 0 fully saturated rings. The highest BCUT2D eigenvalue weighted by atomic mass is 19.1. The van der Waals surface area contributed by atoms with Crippen molar-refractivity contribution in [2.24, 2.45) is 0 Å². The molecule has 116 valence electrons. The maximum absolute atomic E-state index is 13.7. The number of hydrogen-bond donors (Lipinski definition) is 1. The van der Waals surface area contributed by atoms with Crippen LogP contribution < -0.4 is 5.32 Å². The Morgan fingerprint density at radius 1 is 1.18 bits per heavy atom. The number of carbonyl (C=O) groups is 1. The van der Waals surface area contributed by atoms with Crippen LogP contribution in [0.3, 0.4) is 0 Å². The lowest BCUT2D eigenvalue weighted by Gasteiger charge is -2.19. The van der Waals surface area contributed by atoms with E-state index in [-0.39, 0.29) is 18.3 Å². The van der Waals surface area contributed by atoms with Gasteiger partial charge >= 0.3 is 0 Å². The Morgan fingerprint density at radius 3 is 2.59 bits per heavy atom. The molecule has 0 saturated carbocycles. The molecular weight excluding hydrogens is 279 g/mol. The molecule has 0 saturated heterocycles. The summed E-state index contributed by atoms with van der Waals surface area (Å²) in [6.07, 6.45) is 0. The van der Waals surface area contributed by atoms with Crippen LogP contribution in [0.4, 0.5) is 10.1 Å². The number of benzene rings is 2. The summed E-state index contributed by atoms with van der Waals surface area (Å²) in [7, 11) is 1.75. The third kappa shape index (κ3) is 4.07. The Hall–Kier alpha value is -2.36. The minimum Gasteiger partial charge on any atom is -0.374 e. The molecular formula is C18H21FN2O. The van der Waals surface area contributed by atoms with E-state index < -0.39 is 0 Å². The molecule has 0 radical (unpaired) electrons. The Morgan fingerprint density at radius 2 is 1.91 bits per heavy atom. The summed E-state index contributed by atoms with van der Waals surface area (Å²) in [5.41, 5.74) is 3.47. The first-order valence-corrected chi connectivity index (χ1v) is 7.26. The Kier molecular flexibility index (Phi) is 5.15. The standard InChI is InChI=1S/C18H21FN2O/c1-13-8-9-17(16(19)10-13)20-11-18(22)21(3)12-15-7-5-4-6-14(15)2/h4-10,20H,11-12H2,1-3H3. The molecule has 0 heterocycles. The highest BCUT2D eigenvalue weighted by molar-refractivity contribution is 5.80. The number of hydrogen-bond acceptors (Lipinski definition) is 2. The molecule has 22 heavy (non-hydrogen) atoms. The van der Waals surface area contributed by atoms with Gasteiger partial charge in [0.15, 0.2) is 0 Å². The van der Waals surface area contributed by atoms with E-state index in [1.165, 1.54) is 6.07 Å². The minimum atomic E-state index is -0.339. The first-order chi connectivity index (χ1) is 10.5. The molecule has 2 aromatic carbocycles. The minimum absolute atomic E-state index is 0.0718. The van der Waals surface area contributed by atoms with Crippen molar-refractivity contribution in [1.29, 1.82) is 0 Å². The van der Waals surface area contributed by atoms with E-state index in [2.05, 4.69) is 5.32 Å². The van der Waals surface area contributed by atoms with E-state index in [9.17, 15) is 9.18 Å². The smallest absolute Gasteiger partial charge is 0.241 e. The number of anilines is 1. The number of aryl methyl sites for hydroxylation is 2. The van der Waals surface area contributed by atoms with Crippen LogP contribution in [0.1, 0.15) is 16.7 Å². The predicted octanol–water partition coefficient (Wildman–Crippen LogP) is 3.51. The second-order valence-electron chi connectivity index (χ2n) is 5.51. The summed E-state index contributed by atoms with van der Waals surface area (Å²) in [6, 6.07) is 12.9. The molecule has 2 rings (SSSR count). The highest BCUT2D eigenvalue weighted by Crippen LogP contribution is 2.15. The molecule has 4 heteroatoms. The third-order valence-corrected chi connectivity index (χ3v) is 3.65. The normalized spacial score (nSPS) is 10.4. The second-order valence-corrected chi connectivity index (χ2v) is 5.51. The van der Waals surface area contributed by atoms with Crippen LogP contribution in [0.5, 0.6) is 0 Å². The van der Waals surface area contributed by atoms with E-state index in [0.717, 1.165) is 16.7 Å². The van der Waals surface area contributed by atoms with Gasteiger partial charge in [-0.25, -0.2) is 4.39 Å². The quantitative estimate of drug-likeness (QED) is 0.916. The molecule has 0 aliphatic rings. The van der Waals surface area contributed by atoms with Gasteiger partial charge in [-0.15, -0.1) is 0 Å². The summed E-state index contributed by atoms with van der Waals surface area (Å²) in [4.78, 5) is 13.8. The zero-order valence-electron chi connectivity index (χ0n) is 13.2. The number of amides is 1. The van der Waals surface area contributed by atoms with Gasteiger partial charge in [0, 0.05) is 13.6 Å². The van der Waals surface area contributed by atoms with Crippen molar-refractivity contribution in [3.63, 3.8) is 0 Å². The van der Waals surface area contributed by atoms with E-state index in [1.54, 1.807) is 18.0 Å². The number of nitrogens with one attached hydrogen (secondary N) is 1. The van der Waals surface area contributed by atoms with Crippen molar-refractivity contribution < 1.29 is 9.18 Å². The lowest BCUT2D eigenvalue weighted by Crippen LogP contribution is -2.32. The zero-order chi connectivity index (χ0) is 16.1. The van der Waals surface area contributed by atoms with Crippen LogP contribution in [0.15, 0.2) is 42.5 Å². The summed E-state index contributed by atoms with van der Waals surface area (Å²) in [6.45, 7) is 4.47. The van der Waals surface area contributed by atoms with Gasteiger partial charge in [-0.05, 0) is 42.7 Å². The molecule has 0 atom stereocenters. The van der Waals surface area contributed by atoms with Gasteiger partial charge in [-0.3, -0.25) is 4.79 Å². The van der Waals surface area contributed by atoms with Crippen molar-refractivity contribution in [3.05, 3.63) is 65.0 Å². The van der Waals surface area contributed by atoms with Crippen molar-refractivity contribution in [2.45, 2.75) is 20.4 Å². The van der Waals surface area contributed by atoms with Gasteiger partial charge in [0.2, 0.25) is 5.91 Å². The first kappa shape index (κ1) is 16.0. The van der Waals surface area contributed by atoms with E-state index in [0.29, 0.717) is 12.2 Å². The number of nitrogens with zero attached hydrogens (tertiary/aromatic N) is 1. The van der Waals surface area contributed by atoms with Crippen LogP contribution in [-0.4, -0.2) is 24.4 Å². The van der Waals surface area contributed by atoms with Crippen LogP contribution in [0, 0.1) is 19.7 Å². The Bertz CT molecular complexity index is 670. The molecule has 0 unspecified atom stereocenters. The fourth-order valence-corrected chi connectivity index (χ4v) is 2.20. The third-order valence-electron chi connectivity index (χ3n) is 3.65. The summed E-state index contributed by atoms with van der Waals surface area (Å²) in [5, 5.41) is 2.86. The van der Waals surface area contributed by atoms with Crippen LogP contribution in [0.25, 0.3) is 0 Å². The molecule has 3 nitrogen and oxygen atoms in total. The largest absolute Gasteiger partial charge is 0.374 e. The summed E-state index contributed by atoms with van der Waals surface area (Å²) >= 11 is 0. The maximum Gasteiger partial charge on any atom is 0.241 e. The number of carbonyl (C=O) groups excluding carboxylic acids is 1. The van der Waals surface area contributed by atoms with Crippen molar-refractivity contribution >= 4 is 11.6 Å². The first-order valence-electron chi connectivity index (χ1n) is 7.26. The lowest BCUT2D eigenvalue weighted by molar-refractivity contribution is -0.128. The second kappa shape index (κ2) is 7.07. The van der Waals surface area contributed by atoms with Crippen LogP contribution in [-0.2, 0) is 11.3 Å². The number of likely N-dealkylation sites (N-methyl/N-ethyl adjacent to an activating group) is 1. The summed E-state index contributed by atoms with van der Waals surface area (Å²) < 4.78 is 13.7.